The molecule has 0 bridgehead atoms. The molecule has 0 aliphatic carbocycles. The number of hydrogen-bond acceptors (Lipinski definition) is 5. The summed E-state index contributed by atoms with van der Waals surface area (Å²) in [6, 6.07) is 10.4. The van der Waals surface area contributed by atoms with E-state index in [2.05, 4.69) is 42.4 Å². The van der Waals surface area contributed by atoms with E-state index in [4.69, 9.17) is 14.6 Å². The van der Waals surface area contributed by atoms with Gasteiger partial charge >= 0.3 is 5.97 Å². The topological polar surface area (TPSA) is 97.2 Å². The predicted molar refractivity (Wildman–Crippen MR) is 107 cm³/mol. The summed E-state index contributed by atoms with van der Waals surface area (Å²) in [7, 11) is 0. The summed E-state index contributed by atoms with van der Waals surface area (Å²) in [6.07, 6.45) is 1.45. The number of aliphatic carboxylic acids is 1. The third-order valence-corrected chi connectivity index (χ3v) is 4.31. The molecule has 0 unspecified atom stereocenters. The van der Waals surface area contributed by atoms with E-state index in [9.17, 15) is 9.59 Å². The Bertz CT molecular complexity index is 830. The van der Waals surface area contributed by atoms with Gasteiger partial charge in [0.25, 0.3) is 5.91 Å². The zero-order valence-electron chi connectivity index (χ0n) is 14.2. The van der Waals surface area contributed by atoms with Gasteiger partial charge < -0.3 is 14.6 Å². The molecule has 0 saturated carbocycles. The molecule has 2 aromatic rings. The summed E-state index contributed by atoms with van der Waals surface area (Å²) in [4.78, 5) is 22.3. The number of halogens is 2. The van der Waals surface area contributed by atoms with E-state index in [1.165, 1.54) is 6.21 Å². The Labute approximate surface area is 172 Å². The zero-order chi connectivity index (χ0) is 19.8. The monoisotopic (exact) mass is 498 g/mol. The lowest BCUT2D eigenvalue weighted by atomic mass is 10.2. The van der Waals surface area contributed by atoms with Crippen molar-refractivity contribution < 1.29 is 24.2 Å². The maximum Gasteiger partial charge on any atom is 0.341 e. The van der Waals surface area contributed by atoms with Gasteiger partial charge in [-0.1, -0.05) is 0 Å². The van der Waals surface area contributed by atoms with Crippen LogP contribution in [0.2, 0.25) is 0 Å². The minimum Gasteiger partial charge on any atom is -0.482 e. The van der Waals surface area contributed by atoms with Gasteiger partial charge in [0.05, 0.1) is 15.2 Å². The van der Waals surface area contributed by atoms with Gasteiger partial charge in [0.15, 0.2) is 13.2 Å². The van der Waals surface area contributed by atoms with Gasteiger partial charge in [-0.05, 0) is 86.3 Å². The van der Waals surface area contributed by atoms with Gasteiger partial charge in [-0.2, -0.15) is 5.10 Å². The number of rotatable bonds is 8. The van der Waals surface area contributed by atoms with Gasteiger partial charge in [0.2, 0.25) is 0 Å². The Kier molecular flexibility index (Phi) is 7.81. The van der Waals surface area contributed by atoms with Crippen molar-refractivity contribution in [1.82, 2.24) is 5.43 Å². The lowest BCUT2D eigenvalue weighted by Gasteiger charge is -2.10. The number of nitrogens with zero attached hydrogens (tertiary/aromatic N) is 1. The van der Waals surface area contributed by atoms with Gasteiger partial charge in [0, 0.05) is 0 Å². The second-order valence-corrected chi connectivity index (χ2v) is 7.10. The van der Waals surface area contributed by atoms with Gasteiger partial charge in [-0.15, -0.1) is 0 Å². The minimum absolute atomic E-state index is 0.195. The van der Waals surface area contributed by atoms with Gasteiger partial charge in [0.1, 0.15) is 11.5 Å². The van der Waals surface area contributed by atoms with E-state index in [1.807, 2.05) is 19.1 Å². The molecule has 0 aromatic heterocycles. The smallest absolute Gasteiger partial charge is 0.341 e. The van der Waals surface area contributed by atoms with Gasteiger partial charge in [-0.3, -0.25) is 4.79 Å². The van der Waals surface area contributed by atoms with Crippen molar-refractivity contribution in [2.75, 3.05) is 13.2 Å². The van der Waals surface area contributed by atoms with Crippen LogP contribution >= 0.6 is 31.9 Å². The number of nitrogens with one attached hydrogen (secondary N) is 1. The van der Waals surface area contributed by atoms with Crippen LogP contribution in [-0.4, -0.2) is 36.4 Å². The molecule has 27 heavy (non-hydrogen) atoms. The normalized spacial score (nSPS) is 10.6. The Balaban J connectivity index is 1.82. The average molecular weight is 500 g/mol. The first-order valence-corrected chi connectivity index (χ1v) is 9.29. The van der Waals surface area contributed by atoms with Crippen LogP contribution in [0.3, 0.4) is 0 Å². The highest BCUT2D eigenvalue weighted by atomic mass is 79.9. The van der Waals surface area contributed by atoms with Crippen LogP contribution in [0.1, 0.15) is 11.1 Å². The summed E-state index contributed by atoms with van der Waals surface area (Å²) in [5, 5.41) is 12.4. The Morgan fingerprint density at radius 2 is 1.74 bits per heavy atom. The molecule has 0 spiro atoms. The number of amides is 1. The first-order valence-electron chi connectivity index (χ1n) is 7.70. The molecule has 0 aliphatic rings. The van der Waals surface area contributed by atoms with Crippen LogP contribution in [0.25, 0.3) is 0 Å². The zero-order valence-corrected chi connectivity index (χ0v) is 17.4. The van der Waals surface area contributed by atoms with Crippen molar-refractivity contribution in [3.8, 4) is 11.5 Å². The number of aryl methyl sites for hydroxylation is 1. The van der Waals surface area contributed by atoms with Crippen molar-refractivity contribution in [3.63, 3.8) is 0 Å². The summed E-state index contributed by atoms with van der Waals surface area (Å²) in [6.45, 7) is 1.35. The van der Waals surface area contributed by atoms with Crippen molar-refractivity contribution in [2.24, 2.45) is 5.10 Å². The Hall–Kier alpha value is -2.39. The van der Waals surface area contributed by atoms with Crippen LogP contribution < -0.4 is 14.9 Å². The maximum absolute atomic E-state index is 11.8. The molecule has 9 heteroatoms. The van der Waals surface area contributed by atoms with E-state index >= 15 is 0 Å². The summed E-state index contributed by atoms with van der Waals surface area (Å²) in [5.74, 6) is -0.486. The number of hydrazone groups is 1. The number of ether oxygens (including phenoxy) is 2. The number of carboxylic acids is 1. The summed E-state index contributed by atoms with van der Waals surface area (Å²) in [5.41, 5.74) is 4.13. The fraction of sp³-hybridized carbons (Fsp3) is 0.167. The first-order chi connectivity index (χ1) is 12.8. The minimum atomic E-state index is -1.05. The molecule has 7 nitrogen and oxygen atoms in total. The molecule has 1 amide bonds. The third kappa shape index (κ3) is 7.03. The fourth-order valence-electron chi connectivity index (χ4n) is 1.97. The molecule has 0 heterocycles. The third-order valence-electron chi connectivity index (χ3n) is 3.14. The number of carbonyl (C=O) groups is 2. The van der Waals surface area contributed by atoms with E-state index in [0.717, 1.165) is 14.5 Å². The van der Waals surface area contributed by atoms with Crippen molar-refractivity contribution >= 4 is 50.0 Å². The number of carbonyl (C=O) groups excluding carboxylic acids is 1. The molecule has 142 valence electrons. The van der Waals surface area contributed by atoms with E-state index < -0.39 is 18.5 Å². The number of hydrogen-bond donors (Lipinski definition) is 2. The number of carboxylic acid groups (broad SMARTS) is 1. The van der Waals surface area contributed by atoms with Crippen molar-refractivity contribution in [2.45, 2.75) is 6.92 Å². The molecule has 0 atom stereocenters. The molecule has 0 fully saturated rings. The van der Waals surface area contributed by atoms with Crippen LogP contribution in [-0.2, 0) is 9.59 Å². The molecule has 2 rings (SSSR count). The molecule has 2 N–H and O–H groups in total. The summed E-state index contributed by atoms with van der Waals surface area (Å²) >= 11 is 6.79. The lowest BCUT2D eigenvalue weighted by molar-refractivity contribution is -0.139. The highest BCUT2D eigenvalue weighted by Gasteiger charge is 2.10. The Morgan fingerprint density at radius 3 is 2.33 bits per heavy atom. The standard InChI is InChI=1S/C18H16Br2N2O5/c1-11-6-14(19)18(15(20)7-11)27-9-16(23)22-21-8-12-2-4-13(5-3-12)26-10-17(24)25/h2-8H,9-10H2,1H3,(H,22,23)(H,24,25)/b21-8-. The van der Waals surface area contributed by atoms with Crippen molar-refractivity contribution in [3.05, 3.63) is 56.5 Å². The second kappa shape index (κ2) is 10.1. The molecule has 0 radical (unpaired) electrons. The molecular weight excluding hydrogens is 484 g/mol. The average Bonchev–Trinajstić information content (AvgIpc) is 2.60. The van der Waals surface area contributed by atoms with Gasteiger partial charge in [-0.25, -0.2) is 10.2 Å². The largest absolute Gasteiger partial charge is 0.482 e. The van der Waals surface area contributed by atoms with Crippen LogP contribution in [0.5, 0.6) is 11.5 Å². The lowest BCUT2D eigenvalue weighted by Crippen LogP contribution is -2.24. The quantitative estimate of drug-likeness (QED) is 0.428. The predicted octanol–water partition coefficient (Wildman–Crippen LogP) is 3.51. The van der Waals surface area contributed by atoms with Crippen LogP contribution in [0.15, 0.2) is 50.4 Å². The van der Waals surface area contributed by atoms with Crippen LogP contribution in [0, 0.1) is 6.92 Å². The van der Waals surface area contributed by atoms with Crippen LogP contribution in [0.4, 0.5) is 0 Å². The first kappa shape index (κ1) is 20.9. The highest BCUT2D eigenvalue weighted by Crippen LogP contribution is 2.34. The molecule has 0 aliphatic heterocycles. The second-order valence-electron chi connectivity index (χ2n) is 5.39. The highest BCUT2D eigenvalue weighted by molar-refractivity contribution is 9.11. The number of benzene rings is 2. The maximum atomic E-state index is 11.8. The fourth-order valence-corrected chi connectivity index (χ4v) is 3.61. The van der Waals surface area contributed by atoms with E-state index in [0.29, 0.717) is 17.1 Å². The molecule has 0 saturated heterocycles. The Morgan fingerprint density at radius 1 is 1.11 bits per heavy atom. The SMILES string of the molecule is Cc1cc(Br)c(OCC(=O)N/N=C\c2ccc(OCC(=O)O)cc2)c(Br)c1. The molecular formula is C18H16Br2N2O5. The molecule has 2 aromatic carbocycles. The summed E-state index contributed by atoms with van der Waals surface area (Å²) < 4.78 is 12.0. The van der Waals surface area contributed by atoms with E-state index in [1.54, 1.807) is 24.3 Å². The van der Waals surface area contributed by atoms with Crippen molar-refractivity contribution in [1.29, 1.82) is 0 Å². The van der Waals surface area contributed by atoms with E-state index in [-0.39, 0.29) is 6.61 Å².